The Balaban J connectivity index is -0.0000000800. The van der Waals surface area contributed by atoms with Gasteiger partial charge in [-0.25, -0.2) is 0 Å². The summed E-state index contributed by atoms with van der Waals surface area (Å²) in [7, 11) is 0. The third kappa shape index (κ3) is 55.6. The molecule has 0 saturated heterocycles. The Hall–Kier alpha value is 2.59. The van der Waals surface area contributed by atoms with Crippen molar-refractivity contribution in [3.05, 3.63) is 0 Å². The minimum atomic E-state index is -5.88. The maximum atomic E-state index is 8.61. The topological polar surface area (TPSA) is 86.2 Å². The van der Waals surface area contributed by atoms with Crippen LogP contribution in [0, 0.1) is 0 Å². The summed E-state index contributed by atoms with van der Waals surface area (Å²) in [5.41, 5.74) is 0. The molecule has 0 saturated carbocycles. The van der Waals surface area contributed by atoms with Gasteiger partial charge in [-0.2, -0.15) is 0 Å². The minimum Gasteiger partial charge on any atom is 1.00 e. The molecule has 0 bridgehead atoms. The summed E-state index contributed by atoms with van der Waals surface area (Å²) in [5.74, 6) is 0. The Kier molecular flexibility index (Phi) is 15.6. The van der Waals surface area contributed by atoms with Gasteiger partial charge >= 0.3 is 104 Å². The normalized spacial score (nSPS) is 8.43. The van der Waals surface area contributed by atoms with Gasteiger partial charge in [-0.1, -0.05) is 0 Å². The largest absolute Gasteiger partial charge is 4.00 e. The fourth-order valence-corrected chi connectivity index (χ4v) is 0. The van der Waals surface area contributed by atoms with E-state index in [1.807, 2.05) is 0 Å². The maximum absolute atomic E-state index is 8.61. The Bertz CT molecular complexity index is 57.8. The van der Waals surface area contributed by atoms with Gasteiger partial charge in [-0.15, -0.1) is 0 Å². The summed E-state index contributed by atoms with van der Waals surface area (Å²) in [4.78, 5) is 0. The molecule has 0 aromatic rings. The zero-order chi connectivity index (χ0) is 4.50. The zero-order valence-corrected chi connectivity index (χ0v) is 10.1. The van der Waals surface area contributed by atoms with Crippen LogP contribution in [0.25, 0.3) is 0 Å². The summed E-state index contributed by atoms with van der Waals surface area (Å²) in [6, 6.07) is 0. The fourth-order valence-electron chi connectivity index (χ4n) is 0. The van der Waals surface area contributed by atoms with Gasteiger partial charge in [0.2, 0.25) is 0 Å². The van der Waals surface area contributed by atoms with E-state index in [2.05, 4.69) is 0 Å². The van der Waals surface area contributed by atoms with E-state index in [0.29, 0.717) is 0 Å². The number of hydrogen-bond acceptors (Lipinski definition) is 4. The zero-order valence-electron chi connectivity index (χ0n) is 3.58. The average molecular weight is 226 g/mol. The Morgan fingerprint density at radius 1 is 1.14 bits per heavy atom. The van der Waals surface area contributed by atoms with Gasteiger partial charge in [-0.3, -0.25) is 0 Å². The Labute approximate surface area is 101 Å². The second-order valence-corrected chi connectivity index (χ2v) is 2.32. The van der Waals surface area contributed by atoms with E-state index in [9.17, 15) is 0 Å². The minimum absolute atomic E-state index is 0. The second-order valence-electron chi connectivity index (χ2n) is 0.447. The van der Waals surface area contributed by atoms with E-state index < -0.39 is 14.5 Å². The van der Waals surface area contributed by atoms with Crippen LogP contribution < -0.4 is 63.7 Å². The van der Waals surface area contributed by atoms with Crippen molar-refractivity contribution in [2.45, 2.75) is 0 Å². The molecule has 7 heteroatoms. The second kappa shape index (κ2) is 6.71. The van der Waals surface area contributed by atoms with E-state index in [0.717, 1.165) is 0 Å². The molecule has 0 aromatic carbocycles. The van der Waals surface area contributed by atoms with Crippen LogP contribution in [0.4, 0.5) is 0 Å². The molecule has 0 unspecified atom stereocenters. The van der Waals surface area contributed by atoms with Gasteiger partial charge in [0, 0.05) is 0 Å². The van der Waals surface area contributed by atoms with E-state index in [1.165, 1.54) is 0 Å². The van der Waals surface area contributed by atoms with Gasteiger partial charge in [0.1, 0.15) is 0 Å². The molecule has 0 rings (SSSR count). The van der Waals surface area contributed by atoms with Gasteiger partial charge < -0.3 is 0 Å². The molecule has 0 radical (unpaired) electrons. The maximum Gasteiger partial charge on any atom is 4.00 e. The van der Waals surface area contributed by atoms with Crippen LogP contribution in [0.15, 0.2) is 0 Å². The molecule has 32 valence electrons. The van der Waals surface area contributed by atoms with Crippen molar-refractivity contribution in [3.8, 4) is 0 Å². The average Bonchev–Trinajstić information content (AvgIpc) is 0.722. The summed E-state index contributed by atoms with van der Waals surface area (Å²) in [5, 5.41) is 0. The molecule has 0 heterocycles. The first kappa shape index (κ1) is 16.3. The summed E-state index contributed by atoms with van der Waals surface area (Å²) >= 11 is -5.88. The molecular weight excluding hydrogens is 226 g/mol. The van der Waals surface area contributed by atoms with Crippen LogP contribution in [0.1, 0.15) is 0 Å². The van der Waals surface area contributed by atoms with Crippen molar-refractivity contribution in [1.29, 1.82) is 0 Å². The molecule has 0 aliphatic heterocycles. The van der Waals surface area contributed by atoms with Crippen LogP contribution in [0.5, 0.6) is 0 Å². The first-order valence-electron chi connectivity index (χ1n) is 0.730. The Morgan fingerprint density at radius 2 is 1.14 bits per heavy atom. The molecule has 0 atom stereocenters. The Morgan fingerprint density at radius 3 is 1.14 bits per heavy atom. The van der Waals surface area contributed by atoms with Crippen LogP contribution in [-0.4, -0.2) is 14.5 Å². The predicted molar refractivity (Wildman–Crippen MR) is 6.44 cm³/mol. The van der Waals surface area contributed by atoms with Crippen LogP contribution >= 0.6 is 0 Å². The van der Waals surface area contributed by atoms with Crippen molar-refractivity contribution in [1.82, 2.24) is 0 Å². The molecule has 0 aliphatic rings. The molecule has 4 nitrogen and oxygen atoms in total. The van der Waals surface area contributed by atoms with Crippen LogP contribution in [0.2, 0.25) is 0 Å². The smallest absolute Gasteiger partial charge is 1.00 e. The predicted octanol–water partition coefficient (Wildman–Crippen LogP) is -7.07. The van der Waals surface area contributed by atoms with Crippen LogP contribution in [0.3, 0.4) is 0 Å². The molecule has 7 heavy (non-hydrogen) atoms. The van der Waals surface area contributed by atoms with E-state index in [-0.39, 0.29) is 73.1 Å². The van der Waals surface area contributed by atoms with Crippen molar-refractivity contribution >= 4 is 14.5 Å². The fraction of sp³-hybridized carbons (Fsp3) is 0. The molecule has 0 fully saturated rings. The number of rotatable bonds is 0. The van der Waals surface area contributed by atoms with Gasteiger partial charge in [0.05, 0.1) is 0 Å². The van der Waals surface area contributed by atoms with Crippen LogP contribution in [-0.2, 0) is 25.5 Å². The van der Waals surface area contributed by atoms with Crippen molar-refractivity contribution in [2.24, 2.45) is 0 Å². The summed E-state index contributed by atoms with van der Waals surface area (Å²) < 4.78 is 34.4. The molecular formula is AsKO4Ti+2. The third-order valence-corrected chi connectivity index (χ3v) is 0. The molecule has 0 aromatic heterocycles. The van der Waals surface area contributed by atoms with Crippen molar-refractivity contribution in [2.75, 3.05) is 0 Å². The molecule has 0 amide bonds. The van der Waals surface area contributed by atoms with E-state index in [1.54, 1.807) is 0 Å². The summed E-state index contributed by atoms with van der Waals surface area (Å²) in [6.07, 6.45) is 0. The first-order valence-corrected chi connectivity index (χ1v) is 3.79. The third-order valence-electron chi connectivity index (χ3n) is 0. The standard InChI is InChI=1S/AsH3O4.K.Ti/c2-1(3,4)5;;/h(H3,2,3,4,5);;/q;+1;+4/p-3. The van der Waals surface area contributed by atoms with E-state index >= 15 is 0 Å². The monoisotopic (exact) mass is 226 g/mol. The van der Waals surface area contributed by atoms with Crippen molar-refractivity contribution in [3.63, 3.8) is 0 Å². The van der Waals surface area contributed by atoms with Gasteiger partial charge in [0.15, 0.2) is 0 Å². The molecule has 0 spiro atoms. The molecule has 0 N–H and O–H groups in total. The molecule has 0 aliphatic carbocycles. The van der Waals surface area contributed by atoms with Gasteiger partial charge in [-0.05, 0) is 0 Å². The van der Waals surface area contributed by atoms with E-state index in [4.69, 9.17) is 16.0 Å². The SMILES string of the molecule is O=[As]([O-])([O-])[O-].[K+].[Ti+4]. The van der Waals surface area contributed by atoms with Crippen molar-refractivity contribution < 1.29 is 89.1 Å². The quantitative estimate of drug-likeness (QED) is 0.384. The number of hydrogen-bond donors (Lipinski definition) is 0. The van der Waals surface area contributed by atoms with Gasteiger partial charge in [0.25, 0.3) is 0 Å². The first-order chi connectivity index (χ1) is 2.00. The summed E-state index contributed by atoms with van der Waals surface area (Å²) in [6.45, 7) is 0.